The van der Waals surface area contributed by atoms with Crippen LogP contribution in [0, 0.1) is 27.7 Å². The largest absolute Gasteiger partial charge is 0.0683 e. The van der Waals surface area contributed by atoms with Gasteiger partial charge in [0.25, 0.3) is 0 Å². The Labute approximate surface area is 126 Å². The lowest BCUT2D eigenvalue weighted by atomic mass is 10.2. The summed E-state index contributed by atoms with van der Waals surface area (Å²) in [6, 6.07) is 17.0. The van der Waals surface area contributed by atoms with E-state index in [0.717, 1.165) is 0 Å². The van der Waals surface area contributed by atoms with Crippen LogP contribution in [-0.2, 0) is 0 Å². The van der Waals surface area contributed by atoms with E-state index >= 15 is 0 Å². The van der Waals surface area contributed by atoms with Crippen molar-refractivity contribution in [3.05, 3.63) is 70.8 Å². The molecule has 0 N–H and O–H groups in total. The van der Waals surface area contributed by atoms with Crippen molar-refractivity contribution in [3.8, 4) is 0 Å². The second-order valence-corrected chi connectivity index (χ2v) is 4.31. The summed E-state index contributed by atoms with van der Waals surface area (Å²) >= 11 is 0. The van der Waals surface area contributed by atoms with E-state index in [0.29, 0.717) is 0 Å². The van der Waals surface area contributed by atoms with Crippen LogP contribution >= 0.6 is 0 Å². The van der Waals surface area contributed by atoms with Crippen molar-refractivity contribution in [2.24, 2.45) is 0 Å². The van der Waals surface area contributed by atoms with Crippen LogP contribution in [0.15, 0.2) is 48.5 Å². The first kappa shape index (κ1) is 20.8. The fraction of sp³-hybridized carbons (Fsp3) is 0.400. The maximum Gasteiger partial charge on any atom is -0.0398 e. The SMILES string of the molecule is CC.CC.Cc1ccc(C)cc1.Cc1ccc(C)cc1. The van der Waals surface area contributed by atoms with Gasteiger partial charge in [-0.05, 0) is 27.7 Å². The summed E-state index contributed by atoms with van der Waals surface area (Å²) in [5.74, 6) is 0. The molecule has 2 rings (SSSR count). The molecule has 0 atom stereocenters. The van der Waals surface area contributed by atoms with Gasteiger partial charge < -0.3 is 0 Å². The monoisotopic (exact) mass is 272 g/mol. The van der Waals surface area contributed by atoms with Crippen molar-refractivity contribution >= 4 is 0 Å². The molecule has 0 aliphatic rings. The highest BCUT2D eigenvalue weighted by Gasteiger charge is 1.80. The molecule has 112 valence electrons. The van der Waals surface area contributed by atoms with Crippen LogP contribution < -0.4 is 0 Å². The molecule has 0 saturated carbocycles. The van der Waals surface area contributed by atoms with Gasteiger partial charge in [-0.15, -0.1) is 0 Å². The molecule has 0 fully saturated rings. The summed E-state index contributed by atoms with van der Waals surface area (Å²) < 4.78 is 0. The Balaban J connectivity index is 0. The van der Waals surface area contributed by atoms with Crippen molar-refractivity contribution in [2.45, 2.75) is 55.4 Å². The second kappa shape index (κ2) is 13.9. The molecule has 0 heterocycles. The Morgan fingerprint density at radius 2 is 0.450 bits per heavy atom. The lowest BCUT2D eigenvalue weighted by Gasteiger charge is -1.90. The minimum atomic E-state index is 1.33. The fourth-order valence-electron chi connectivity index (χ4n) is 1.27. The zero-order valence-corrected chi connectivity index (χ0v) is 14.6. The van der Waals surface area contributed by atoms with E-state index in [1.807, 2.05) is 27.7 Å². The Bertz CT molecular complexity index is 321. The molecule has 0 bridgehead atoms. The van der Waals surface area contributed by atoms with E-state index in [9.17, 15) is 0 Å². The van der Waals surface area contributed by atoms with Crippen LogP contribution in [0.2, 0.25) is 0 Å². The van der Waals surface area contributed by atoms with E-state index < -0.39 is 0 Å². The van der Waals surface area contributed by atoms with E-state index in [4.69, 9.17) is 0 Å². The number of aryl methyl sites for hydroxylation is 4. The smallest absolute Gasteiger partial charge is 0.0398 e. The molecule has 0 amide bonds. The number of hydrogen-bond acceptors (Lipinski definition) is 0. The number of rotatable bonds is 0. The summed E-state index contributed by atoms with van der Waals surface area (Å²) in [4.78, 5) is 0. The highest BCUT2D eigenvalue weighted by Crippen LogP contribution is 2.00. The third-order valence-electron chi connectivity index (χ3n) is 2.44. The molecule has 2 aromatic carbocycles. The first-order valence-electron chi connectivity index (χ1n) is 7.64. The summed E-state index contributed by atoms with van der Waals surface area (Å²) in [5, 5.41) is 0. The molecule has 0 saturated heterocycles. The normalized spacial score (nSPS) is 8.00. The predicted molar refractivity (Wildman–Crippen MR) is 94.5 cm³/mol. The van der Waals surface area contributed by atoms with E-state index in [1.54, 1.807) is 0 Å². The molecule has 20 heavy (non-hydrogen) atoms. The topological polar surface area (TPSA) is 0 Å². The standard InChI is InChI=1S/2C8H10.2C2H6/c2*1-7-3-5-8(2)6-4-7;2*1-2/h2*3-6H,1-2H3;2*1-2H3. The van der Waals surface area contributed by atoms with E-state index in [2.05, 4.69) is 76.2 Å². The average Bonchev–Trinajstić information content (AvgIpc) is 2.50. The highest BCUT2D eigenvalue weighted by atomic mass is 13.9. The average molecular weight is 272 g/mol. The van der Waals surface area contributed by atoms with Crippen molar-refractivity contribution in [1.29, 1.82) is 0 Å². The lowest BCUT2D eigenvalue weighted by molar-refractivity contribution is 1.40. The first-order valence-corrected chi connectivity index (χ1v) is 7.64. The molecule has 0 unspecified atom stereocenters. The van der Waals surface area contributed by atoms with Gasteiger partial charge in [0.15, 0.2) is 0 Å². The van der Waals surface area contributed by atoms with Crippen LogP contribution in [0.3, 0.4) is 0 Å². The molecule has 0 nitrogen and oxygen atoms in total. The molecular weight excluding hydrogens is 240 g/mol. The van der Waals surface area contributed by atoms with Crippen LogP contribution in [-0.4, -0.2) is 0 Å². The number of hydrogen-bond donors (Lipinski definition) is 0. The zero-order valence-electron chi connectivity index (χ0n) is 14.6. The molecular formula is C20H32. The lowest BCUT2D eigenvalue weighted by Crippen LogP contribution is -1.70. The highest BCUT2D eigenvalue weighted by molar-refractivity contribution is 5.20. The zero-order chi connectivity index (χ0) is 16.0. The van der Waals surface area contributed by atoms with Crippen molar-refractivity contribution in [2.75, 3.05) is 0 Å². The molecule has 0 heteroatoms. The third-order valence-corrected chi connectivity index (χ3v) is 2.44. The van der Waals surface area contributed by atoms with Gasteiger partial charge in [-0.25, -0.2) is 0 Å². The minimum absolute atomic E-state index is 1.33. The maximum atomic E-state index is 2.12. The molecule has 0 aromatic heterocycles. The van der Waals surface area contributed by atoms with Gasteiger partial charge in [-0.1, -0.05) is 98.5 Å². The van der Waals surface area contributed by atoms with Crippen LogP contribution in [0.5, 0.6) is 0 Å². The van der Waals surface area contributed by atoms with Gasteiger partial charge in [-0.2, -0.15) is 0 Å². The molecule has 2 aromatic rings. The summed E-state index contributed by atoms with van der Waals surface area (Å²) in [6.45, 7) is 16.4. The third kappa shape index (κ3) is 11.5. The predicted octanol–water partition coefficient (Wildman–Crippen LogP) is 6.66. The first-order chi connectivity index (χ1) is 9.58. The van der Waals surface area contributed by atoms with Gasteiger partial charge in [0.1, 0.15) is 0 Å². The van der Waals surface area contributed by atoms with E-state index in [1.165, 1.54) is 22.3 Å². The van der Waals surface area contributed by atoms with Gasteiger partial charge in [-0.3, -0.25) is 0 Å². The Hall–Kier alpha value is -1.56. The van der Waals surface area contributed by atoms with Crippen LogP contribution in [0.25, 0.3) is 0 Å². The fourth-order valence-corrected chi connectivity index (χ4v) is 1.27. The second-order valence-electron chi connectivity index (χ2n) is 4.31. The quantitative estimate of drug-likeness (QED) is 0.503. The van der Waals surface area contributed by atoms with Gasteiger partial charge in [0.2, 0.25) is 0 Å². The van der Waals surface area contributed by atoms with Crippen molar-refractivity contribution < 1.29 is 0 Å². The molecule has 0 aliphatic carbocycles. The van der Waals surface area contributed by atoms with Crippen LogP contribution in [0.1, 0.15) is 49.9 Å². The van der Waals surface area contributed by atoms with Crippen molar-refractivity contribution in [1.82, 2.24) is 0 Å². The van der Waals surface area contributed by atoms with Crippen molar-refractivity contribution in [3.63, 3.8) is 0 Å². The maximum absolute atomic E-state index is 2.12. The Kier molecular flexibility index (Phi) is 14.4. The minimum Gasteiger partial charge on any atom is -0.0683 e. The Morgan fingerprint density at radius 1 is 0.350 bits per heavy atom. The summed E-state index contributed by atoms with van der Waals surface area (Å²) in [6.07, 6.45) is 0. The van der Waals surface area contributed by atoms with Gasteiger partial charge in [0.05, 0.1) is 0 Å². The molecule has 0 radical (unpaired) electrons. The van der Waals surface area contributed by atoms with Gasteiger partial charge in [0, 0.05) is 0 Å². The summed E-state index contributed by atoms with van der Waals surface area (Å²) in [5.41, 5.74) is 5.32. The van der Waals surface area contributed by atoms with E-state index in [-0.39, 0.29) is 0 Å². The number of benzene rings is 2. The van der Waals surface area contributed by atoms with Gasteiger partial charge >= 0.3 is 0 Å². The van der Waals surface area contributed by atoms with Crippen LogP contribution in [0.4, 0.5) is 0 Å². The summed E-state index contributed by atoms with van der Waals surface area (Å²) in [7, 11) is 0. The Morgan fingerprint density at radius 3 is 0.550 bits per heavy atom. The molecule has 0 spiro atoms. The molecule has 0 aliphatic heterocycles.